The van der Waals surface area contributed by atoms with Crippen molar-refractivity contribution in [3.63, 3.8) is 0 Å². The van der Waals surface area contributed by atoms with Crippen LogP contribution in [0.25, 0.3) is 6.08 Å². The van der Waals surface area contributed by atoms with Crippen LogP contribution in [0.1, 0.15) is 38.4 Å². The normalized spacial score (nSPS) is 17.8. The number of nitrogens with zero attached hydrogens (tertiary/aromatic N) is 2. The lowest BCUT2D eigenvalue weighted by molar-refractivity contribution is 0.0552. The van der Waals surface area contributed by atoms with Gasteiger partial charge in [0.15, 0.2) is 0 Å². The van der Waals surface area contributed by atoms with E-state index in [1.54, 1.807) is 6.20 Å². The third kappa shape index (κ3) is 7.10. The van der Waals surface area contributed by atoms with Crippen LogP contribution in [-0.2, 0) is 4.74 Å². The molecule has 0 radical (unpaired) electrons. The number of aryl methyl sites for hydroxylation is 1. The van der Waals surface area contributed by atoms with Gasteiger partial charge in [-0.15, -0.1) is 0 Å². The van der Waals surface area contributed by atoms with Gasteiger partial charge in [-0.1, -0.05) is 30.7 Å². The highest BCUT2D eigenvalue weighted by Gasteiger charge is 2.24. The molecule has 1 saturated heterocycles. The molecule has 0 spiro atoms. The molecule has 1 fully saturated rings. The highest BCUT2D eigenvalue weighted by molar-refractivity contribution is 5.89. The summed E-state index contributed by atoms with van der Waals surface area (Å²) in [7, 11) is 0. The minimum absolute atomic E-state index is 0.0735. The van der Waals surface area contributed by atoms with E-state index < -0.39 is 0 Å². The molecule has 0 bridgehead atoms. The van der Waals surface area contributed by atoms with Crippen LogP contribution in [0.15, 0.2) is 48.2 Å². The topological polar surface area (TPSA) is 63.7 Å². The molecule has 2 aromatic rings. The smallest absolute Gasteiger partial charge is 0.321 e. The Hall–Kier alpha value is -2.86. The summed E-state index contributed by atoms with van der Waals surface area (Å²) in [5.74, 6) is 1.14. The molecule has 2 amide bonds. The molecule has 1 aliphatic heterocycles. The lowest BCUT2D eigenvalue weighted by Gasteiger charge is -2.33. The van der Waals surface area contributed by atoms with Crippen molar-refractivity contribution >= 4 is 17.8 Å². The number of hydrogen-bond donors (Lipinski definition) is 1. The van der Waals surface area contributed by atoms with Gasteiger partial charge < -0.3 is 19.7 Å². The summed E-state index contributed by atoms with van der Waals surface area (Å²) in [6.45, 7) is 10.6. The number of carbonyl (C=O) groups excluding carboxylic acids is 1. The molecule has 166 valence electrons. The number of aromatic nitrogens is 1. The van der Waals surface area contributed by atoms with Crippen LogP contribution >= 0.6 is 0 Å². The average Bonchev–Trinajstić information content (AvgIpc) is 2.74. The van der Waals surface area contributed by atoms with Gasteiger partial charge in [0.25, 0.3) is 0 Å². The summed E-state index contributed by atoms with van der Waals surface area (Å²) in [6.07, 6.45) is 4.98. The van der Waals surface area contributed by atoms with Gasteiger partial charge in [-0.2, -0.15) is 0 Å². The molecule has 1 aromatic carbocycles. The third-order valence-electron chi connectivity index (χ3n) is 5.26. The molecule has 1 aliphatic rings. The Bertz CT molecular complexity index is 893. The molecule has 31 heavy (non-hydrogen) atoms. The second-order valence-electron chi connectivity index (χ2n) is 8.28. The maximum atomic E-state index is 12.6. The molecule has 1 aromatic heterocycles. The van der Waals surface area contributed by atoms with Crippen molar-refractivity contribution in [3.05, 3.63) is 59.4 Å². The Morgan fingerprint density at radius 3 is 2.84 bits per heavy atom. The first-order valence-electron chi connectivity index (χ1n) is 10.9. The van der Waals surface area contributed by atoms with Gasteiger partial charge in [-0.05, 0) is 62.9 Å². The Kier molecular flexibility index (Phi) is 8.06. The van der Waals surface area contributed by atoms with Crippen molar-refractivity contribution in [3.8, 4) is 5.75 Å². The molecular weight excluding hydrogens is 390 g/mol. The van der Waals surface area contributed by atoms with Crippen molar-refractivity contribution < 1.29 is 14.3 Å². The van der Waals surface area contributed by atoms with Gasteiger partial charge in [0.05, 0.1) is 24.6 Å². The summed E-state index contributed by atoms with van der Waals surface area (Å²) in [6, 6.07) is 11.8. The minimum Gasteiger partial charge on any atom is -0.491 e. The average molecular weight is 424 g/mol. The van der Waals surface area contributed by atoms with Crippen molar-refractivity contribution in [2.45, 2.75) is 40.2 Å². The zero-order chi connectivity index (χ0) is 22.2. The fourth-order valence-electron chi connectivity index (χ4n) is 3.54. The fourth-order valence-corrected chi connectivity index (χ4v) is 3.54. The number of urea groups is 1. The Morgan fingerprint density at radius 1 is 1.29 bits per heavy atom. The van der Waals surface area contributed by atoms with Gasteiger partial charge >= 0.3 is 6.03 Å². The Balaban J connectivity index is 1.54. The van der Waals surface area contributed by atoms with E-state index in [-0.39, 0.29) is 12.1 Å². The molecular formula is C25H33N3O3. The molecule has 0 saturated carbocycles. The van der Waals surface area contributed by atoms with Crippen molar-refractivity contribution in [2.75, 3.05) is 31.6 Å². The predicted octanol–water partition coefficient (Wildman–Crippen LogP) is 5.15. The summed E-state index contributed by atoms with van der Waals surface area (Å²) >= 11 is 0. The standard InChI is InChI=1S/C25H33N3O3/c1-18(2)30-12-13-31-24-7-5-6-21(15-24)14-22-10-11-28(17-19(22)3)25(29)27-23-9-8-20(4)26-16-23/h5-9,14-16,18-19H,10-13,17H2,1-4H3,(H,27,29)/b22-14+. The third-order valence-corrected chi connectivity index (χ3v) is 5.26. The number of anilines is 1. The van der Waals surface area contributed by atoms with Gasteiger partial charge in [0.2, 0.25) is 0 Å². The van der Waals surface area contributed by atoms with Gasteiger partial charge in [0.1, 0.15) is 12.4 Å². The van der Waals surface area contributed by atoms with Crippen molar-refractivity contribution in [1.82, 2.24) is 9.88 Å². The first-order valence-corrected chi connectivity index (χ1v) is 10.9. The second-order valence-corrected chi connectivity index (χ2v) is 8.28. The molecule has 1 unspecified atom stereocenters. The van der Waals surface area contributed by atoms with Crippen LogP contribution in [0.5, 0.6) is 5.75 Å². The number of piperidine rings is 1. The Morgan fingerprint density at radius 2 is 2.13 bits per heavy atom. The zero-order valence-electron chi connectivity index (χ0n) is 18.9. The molecule has 1 N–H and O–H groups in total. The van der Waals surface area contributed by atoms with E-state index in [0.29, 0.717) is 32.2 Å². The van der Waals surface area contributed by atoms with Crippen LogP contribution in [0.4, 0.5) is 10.5 Å². The highest BCUT2D eigenvalue weighted by Crippen LogP contribution is 2.26. The number of likely N-dealkylation sites (tertiary alicyclic amines) is 1. The number of carbonyl (C=O) groups is 1. The molecule has 2 heterocycles. The molecule has 3 rings (SSSR count). The zero-order valence-corrected chi connectivity index (χ0v) is 18.9. The number of nitrogens with one attached hydrogen (secondary N) is 1. The van der Waals surface area contributed by atoms with E-state index in [1.165, 1.54) is 5.57 Å². The Labute approximate surface area is 185 Å². The highest BCUT2D eigenvalue weighted by atomic mass is 16.5. The first-order chi connectivity index (χ1) is 14.9. The van der Waals surface area contributed by atoms with E-state index in [4.69, 9.17) is 9.47 Å². The maximum Gasteiger partial charge on any atom is 0.321 e. The predicted molar refractivity (Wildman–Crippen MR) is 124 cm³/mol. The van der Waals surface area contributed by atoms with Crippen molar-refractivity contribution in [2.24, 2.45) is 5.92 Å². The second kappa shape index (κ2) is 11.0. The number of benzene rings is 1. The SMILES string of the molecule is Cc1ccc(NC(=O)N2CC/C(=C\c3cccc(OCCOC(C)C)c3)C(C)C2)cn1. The minimum atomic E-state index is -0.0735. The van der Waals surface area contributed by atoms with Gasteiger partial charge in [-0.3, -0.25) is 4.98 Å². The van der Waals surface area contributed by atoms with Crippen molar-refractivity contribution in [1.29, 1.82) is 0 Å². The summed E-state index contributed by atoms with van der Waals surface area (Å²) < 4.78 is 11.3. The van der Waals surface area contributed by atoms with E-state index in [1.807, 2.05) is 49.9 Å². The molecule has 1 atom stereocenters. The van der Waals surface area contributed by atoms with E-state index >= 15 is 0 Å². The lowest BCUT2D eigenvalue weighted by Crippen LogP contribution is -2.42. The van der Waals surface area contributed by atoms with E-state index in [9.17, 15) is 4.79 Å². The number of ether oxygens (including phenoxy) is 2. The largest absolute Gasteiger partial charge is 0.491 e. The van der Waals surface area contributed by atoms with Crippen LogP contribution in [-0.4, -0.2) is 48.3 Å². The molecule has 6 heteroatoms. The van der Waals surface area contributed by atoms with Crippen LogP contribution in [0.2, 0.25) is 0 Å². The fraction of sp³-hybridized carbons (Fsp3) is 0.440. The van der Waals surface area contributed by atoms with Crippen LogP contribution in [0, 0.1) is 12.8 Å². The molecule has 0 aliphatic carbocycles. The maximum absolute atomic E-state index is 12.6. The lowest BCUT2D eigenvalue weighted by atomic mass is 9.91. The summed E-state index contributed by atoms with van der Waals surface area (Å²) in [4.78, 5) is 18.7. The number of hydrogen-bond acceptors (Lipinski definition) is 4. The summed E-state index contributed by atoms with van der Waals surface area (Å²) in [5, 5.41) is 2.94. The quantitative estimate of drug-likeness (QED) is 0.626. The first kappa shape index (κ1) is 22.8. The number of amides is 2. The van der Waals surface area contributed by atoms with Gasteiger partial charge in [-0.25, -0.2) is 4.79 Å². The summed E-state index contributed by atoms with van der Waals surface area (Å²) in [5.41, 5.74) is 4.12. The van der Waals surface area contributed by atoms with Crippen LogP contribution in [0.3, 0.4) is 0 Å². The van der Waals surface area contributed by atoms with Crippen LogP contribution < -0.4 is 10.1 Å². The monoisotopic (exact) mass is 423 g/mol. The van der Waals surface area contributed by atoms with E-state index in [2.05, 4.69) is 35.4 Å². The number of pyridine rings is 1. The van der Waals surface area contributed by atoms with Gasteiger partial charge in [0, 0.05) is 18.8 Å². The van der Waals surface area contributed by atoms with E-state index in [0.717, 1.165) is 29.1 Å². The molecule has 6 nitrogen and oxygen atoms in total. The number of rotatable bonds is 7.